The fourth-order valence-corrected chi connectivity index (χ4v) is 0.995. The summed E-state index contributed by atoms with van der Waals surface area (Å²) in [5.74, 6) is -0.348. The Morgan fingerprint density at radius 1 is 1.42 bits per heavy atom. The molecule has 12 heavy (non-hydrogen) atoms. The van der Waals surface area contributed by atoms with Crippen molar-refractivity contribution in [2.45, 2.75) is 20.0 Å². The molecule has 0 aromatic heterocycles. The van der Waals surface area contributed by atoms with Crippen LogP contribution in [0.5, 0.6) is 0 Å². The molecule has 0 saturated heterocycles. The van der Waals surface area contributed by atoms with Crippen LogP contribution in [0.15, 0.2) is 12.2 Å². The van der Waals surface area contributed by atoms with E-state index in [-0.39, 0.29) is 5.97 Å². The van der Waals surface area contributed by atoms with Crippen molar-refractivity contribution in [2.24, 2.45) is 0 Å². The third kappa shape index (κ3) is 6.12. The highest BCUT2D eigenvalue weighted by Crippen LogP contribution is 1.92. The molecule has 3 nitrogen and oxygen atoms in total. The van der Waals surface area contributed by atoms with Crippen molar-refractivity contribution in [3.05, 3.63) is 12.2 Å². The van der Waals surface area contributed by atoms with Gasteiger partial charge in [0.15, 0.2) is 0 Å². The first kappa shape index (κ1) is 11.4. The summed E-state index contributed by atoms with van der Waals surface area (Å²) >= 11 is 0. The molecule has 0 heterocycles. The summed E-state index contributed by atoms with van der Waals surface area (Å²) in [6, 6.07) is 0. The van der Waals surface area contributed by atoms with Gasteiger partial charge in [-0.05, 0) is 20.0 Å². The summed E-state index contributed by atoms with van der Waals surface area (Å²) in [5.41, 5.74) is 0.425. The molecule has 0 atom stereocenters. The average Bonchev–Trinajstić information content (AvgIpc) is 1.97. The van der Waals surface area contributed by atoms with E-state index >= 15 is 0 Å². The fraction of sp³-hybridized carbons (Fsp3) is 0.625. The maximum atomic E-state index is 10.8. The van der Waals surface area contributed by atoms with Crippen LogP contribution in [0.1, 0.15) is 6.92 Å². The predicted molar refractivity (Wildman–Crippen MR) is 49.2 cm³/mol. The normalized spacial score (nSPS) is 10.0. The zero-order valence-electron chi connectivity index (χ0n) is 7.85. The molecule has 69 valence electrons. The Hall–Kier alpha value is -0.613. The Morgan fingerprint density at radius 3 is 2.42 bits per heavy atom. The lowest BCUT2D eigenvalue weighted by molar-refractivity contribution is -0.139. The monoisotopic (exact) mass is 187 g/mol. The van der Waals surface area contributed by atoms with Crippen LogP contribution in [0.4, 0.5) is 0 Å². The predicted octanol–water partition coefficient (Wildman–Crippen LogP) is 1.37. The van der Waals surface area contributed by atoms with Gasteiger partial charge in [-0.25, -0.2) is 4.79 Å². The molecule has 0 amide bonds. The van der Waals surface area contributed by atoms with E-state index < -0.39 is 9.04 Å². The first-order valence-electron chi connectivity index (χ1n) is 3.79. The van der Waals surface area contributed by atoms with E-state index in [0.717, 1.165) is 0 Å². The lowest BCUT2D eigenvalue weighted by Gasteiger charge is -2.06. The second kappa shape index (κ2) is 5.96. The smallest absolute Gasteiger partial charge is 0.333 e. The quantitative estimate of drug-likeness (QED) is 0.282. The second-order valence-electron chi connectivity index (χ2n) is 2.67. The molecule has 0 unspecified atom stereocenters. The summed E-state index contributed by atoms with van der Waals surface area (Å²) in [5, 5.41) is 0. The summed E-state index contributed by atoms with van der Waals surface area (Å²) in [6.07, 6.45) is 0. The lowest BCUT2D eigenvalue weighted by Crippen LogP contribution is -2.15. The molecule has 0 aliphatic carbocycles. The van der Waals surface area contributed by atoms with Gasteiger partial charge in [-0.3, -0.25) is 0 Å². The summed E-state index contributed by atoms with van der Waals surface area (Å²) in [6.45, 7) is 9.96. The molecule has 4 heteroatoms. The highest BCUT2D eigenvalue weighted by Gasteiger charge is 2.02. The standard InChI is InChI=1S/C8H15O3Si/c1-7(2)8(9)10-5-6-11-12(3)4/h1,5-6H2,2-4H3. The Kier molecular flexibility index (Phi) is 5.66. The number of esters is 1. The molecule has 0 fully saturated rings. The molecule has 0 aromatic rings. The summed E-state index contributed by atoms with van der Waals surface area (Å²) in [7, 11) is -0.666. The number of carbonyl (C=O) groups excluding carboxylic acids is 1. The van der Waals surface area contributed by atoms with Gasteiger partial charge in [0.25, 0.3) is 0 Å². The third-order valence-electron chi connectivity index (χ3n) is 1.06. The molecular weight excluding hydrogens is 172 g/mol. The molecule has 0 aromatic carbocycles. The van der Waals surface area contributed by atoms with Crippen LogP contribution in [0, 0.1) is 0 Å². The number of carbonyl (C=O) groups is 1. The molecule has 0 saturated carbocycles. The maximum Gasteiger partial charge on any atom is 0.333 e. The molecule has 1 radical (unpaired) electrons. The van der Waals surface area contributed by atoms with Crippen molar-refractivity contribution in [3.63, 3.8) is 0 Å². The van der Waals surface area contributed by atoms with Gasteiger partial charge in [0.05, 0.1) is 6.61 Å². The van der Waals surface area contributed by atoms with Crippen LogP contribution in [-0.2, 0) is 14.0 Å². The van der Waals surface area contributed by atoms with Crippen molar-refractivity contribution in [1.29, 1.82) is 0 Å². The minimum absolute atomic E-state index is 0.321. The van der Waals surface area contributed by atoms with Crippen molar-refractivity contribution in [2.75, 3.05) is 13.2 Å². The zero-order chi connectivity index (χ0) is 9.56. The van der Waals surface area contributed by atoms with E-state index in [1.54, 1.807) is 6.92 Å². The Balaban J connectivity index is 3.32. The minimum Gasteiger partial charge on any atom is -0.460 e. The molecule has 0 rings (SSSR count). The average molecular weight is 187 g/mol. The number of rotatable bonds is 5. The first-order chi connectivity index (χ1) is 5.54. The van der Waals surface area contributed by atoms with E-state index in [0.29, 0.717) is 18.8 Å². The third-order valence-corrected chi connectivity index (χ3v) is 1.84. The van der Waals surface area contributed by atoms with Crippen molar-refractivity contribution in [3.8, 4) is 0 Å². The van der Waals surface area contributed by atoms with E-state index in [1.165, 1.54) is 0 Å². The largest absolute Gasteiger partial charge is 0.460 e. The van der Waals surface area contributed by atoms with Gasteiger partial charge in [-0.2, -0.15) is 0 Å². The van der Waals surface area contributed by atoms with E-state index in [1.807, 2.05) is 13.1 Å². The van der Waals surface area contributed by atoms with Crippen LogP contribution >= 0.6 is 0 Å². The van der Waals surface area contributed by atoms with Gasteiger partial charge in [0, 0.05) is 5.57 Å². The van der Waals surface area contributed by atoms with Gasteiger partial charge in [-0.1, -0.05) is 6.58 Å². The highest BCUT2D eigenvalue weighted by atomic mass is 28.3. The van der Waals surface area contributed by atoms with Crippen LogP contribution in [0.25, 0.3) is 0 Å². The van der Waals surface area contributed by atoms with Gasteiger partial charge < -0.3 is 9.16 Å². The topological polar surface area (TPSA) is 35.5 Å². The number of hydrogen-bond donors (Lipinski definition) is 0. The van der Waals surface area contributed by atoms with Crippen molar-refractivity contribution in [1.82, 2.24) is 0 Å². The highest BCUT2D eigenvalue weighted by molar-refractivity contribution is 6.48. The number of ether oxygens (including phenoxy) is 1. The number of hydrogen-bond acceptors (Lipinski definition) is 3. The van der Waals surface area contributed by atoms with E-state index in [4.69, 9.17) is 9.16 Å². The van der Waals surface area contributed by atoms with Crippen LogP contribution in [0.2, 0.25) is 13.1 Å². The summed E-state index contributed by atoms with van der Waals surface area (Å²) < 4.78 is 10.1. The fourth-order valence-electron chi connectivity index (χ4n) is 0.503. The second-order valence-corrected chi connectivity index (χ2v) is 4.78. The zero-order valence-corrected chi connectivity index (χ0v) is 8.85. The van der Waals surface area contributed by atoms with Crippen molar-refractivity contribution >= 4 is 15.0 Å². The Bertz CT molecular complexity index is 166. The van der Waals surface area contributed by atoms with E-state index in [2.05, 4.69) is 6.58 Å². The molecule has 0 N–H and O–H groups in total. The SMILES string of the molecule is C=C(C)C(=O)OCCO[Si](C)C. The molecule has 0 aliphatic heterocycles. The summed E-state index contributed by atoms with van der Waals surface area (Å²) in [4.78, 5) is 10.8. The first-order valence-corrected chi connectivity index (χ1v) is 6.20. The van der Waals surface area contributed by atoms with E-state index in [9.17, 15) is 4.79 Å². The van der Waals surface area contributed by atoms with Gasteiger partial charge in [-0.15, -0.1) is 0 Å². The molecule has 0 aliphatic rings. The minimum atomic E-state index is -0.666. The molecule has 0 bridgehead atoms. The van der Waals surface area contributed by atoms with Gasteiger partial charge in [0.2, 0.25) is 9.04 Å². The lowest BCUT2D eigenvalue weighted by atomic mass is 10.4. The molecular formula is C8H15O3Si. The Labute approximate surface area is 75.1 Å². The van der Waals surface area contributed by atoms with Crippen LogP contribution in [-0.4, -0.2) is 28.2 Å². The van der Waals surface area contributed by atoms with Gasteiger partial charge in [0.1, 0.15) is 6.61 Å². The van der Waals surface area contributed by atoms with Crippen LogP contribution in [0.3, 0.4) is 0 Å². The molecule has 0 spiro atoms. The van der Waals surface area contributed by atoms with Crippen molar-refractivity contribution < 1.29 is 14.0 Å². The maximum absolute atomic E-state index is 10.8. The van der Waals surface area contributed by atoms with Crippen LogP contribution < -0.4 is 0 Å². The van der Waals surface area contributed by atoms with Gasteiger partial charge >= 0.3 is 5.97 Å². The Morgan fingerprint density at radius 2 is 2.00 bits per heavy atom.